The summed E-state index contributed by atoms with van der Waals surface area (Å²) in [7, 11) is 1.50. The fourth-order valence-corrected chi connectivity index (χ4v) is 1.40. The number of nitrogens with zero attached hydrogens (tertiary/aromatic N) is 7. The number of hydrogen-bond acceptors (Lipinski definition) is 8. The standard InChI is InChI=1S/C11H8N8O/c1-20-11-3-2-9(19-7-14-17-18-19)4-10(11)16-15-8(5-12)6-13/h2-4,7,16H,1H3. The summed E-state index contributed by atoms with van der Waals surface area (Å²) in [4.78, 5) is 0. The Kier molecular flexibility index (Phi) is 3.85. The predicted octanol–water partition coefficient (Wildman–Crippen LogP) is 0.486. The van der Waals surface area contributed by atoms with Crippen LogP contribution in [0.25, 0.3) is 5.69 Å². The van der Waals surface area contributed by atoms with E-state index in [0.717, 1.165) is 0 Å². The van der Waals surface area contributed by atoms with Gasteiger partial charge in [-0.1, -0.05) is 0 Å². The van der Waals surface area contributed by atoms with Crippen LogP contribution in [0.2, 0.25) is 0 Å². The molecule has 1 heterocycles. The summed E-state index contributed by atoms with van der Waals surface area (Å²) in [5, 5.41) is 31.8. The second-order valence-electron chi connectivity index (χ2n) is 3.43. The molecule has 0 aliphatic carbocycles. The number of nitrogens with one attached hydrogen (secondary N) is 1. The van der Waals surface area contributed by atoms with Gasteiger partial charge in [-0.05, 0) is 28.6 Å². The first kappa shape index (κ1) is 13.0. The smallest absolute Gasteiger partial charge is 0.237 e. The Labute approximate surface area is 113 Å². The maximum absolute atomic E-state index is 8.63. The van der Waals surface area contributed by atoms with E-state index in [1.54, 1.807) is 30.3 Å². The Balaban J connectivity index is 2.36. The first-order chi connectivity index (χ1) is 9.78. The fourth-order valence-electron chi connectivity index (χ4n) is 1.40. The molecule has 0 aliphatic heterocycles. The van der Waals surface area contributed by atoms with E-state index in [1.165, 1.54) is 18.1 Å². The summed E-state index contributed by atoms with van der Waals surface area (Å²) in [6, 6.07) is 8.41. The molecule has 2 rings (SSSR count). The molecule has 0 aliphatic rings. The number of benzene rings is 1. The molecule has 0 fully saturated rings. The van der Waals surface area contributed by atoms with Crippen LogP contribution < -0.4 is 10.2 Å². The van der Waals surface area contributed by atoms with Gasteiger partial charge in [-0.25, -0.2) is 4.68 Å². The van der Waals surface area contributed by atoms with Crippen LogP contribution in [-0.2, 0) is 0 Å². The third kappa shape index (κ3) is 2.68. The zero-order chi connectivity index (χ0) is 14.4. The Morgan fingerprint density at radius 3 is 2.80 bits per heavy atom. The number of rotatable bonds is 4. The number of hydrazone groups is 1. The van der Waals surface area contributed by atoms with Gasteiger partial charge >= 0.3 is 0 Å². The summed E-state index contributed by atoms with van der Waals surface area (Å²) in [5.41, 5.74) is 3.46. The third-order valence-electron chi connectivity index (χ3n) is 2.30. The van der Waals surface area contributed by atoms with E-state index in [1.807, 2.05) is 0 Å². The molecule has 0 spiro atoms. The van der Waals surface area contributed by atoms with Gasteiger partial charge in [-0.3, -0.25) is 5.43 Å². The second-order valence-corrected chi connectivity index (χ2v) is 3.43. The average molecular weight is 268 g/mol. The van der Waals surface area contributed by atoms with Crippen molar-refractivity contribution in [2.45, 2.75) is 0 Å². The number of hydrogen-bond donors (Lipinski definition) is 1. The van der Waals surface area contributed by atoms with Crippen LogP contribution in [0.4, 0.5) is 5.69 Å². The second kappa shape index (κ2) is 5.93. The molecule has 0 atom stereocenters. The van der Waals surface area contributed by atoms with E-state index >= 15 is 0 Å². The van der Waals surface area contributed by atoms with Crippen LogP contribution >= 0.6 is 0 Å². The van der Waals surface area contributed by atoms with Crippen molar-refractivity contribution in [1.82, 2.24) is 20.2 Å². The highest BCUT2D eigenvalue weighted by Crippen LogP contribution is 2.26. The van der Waals surface area contributed by atoms with Crippen molar-refractivity contribution >= 4 is 11.4 Å². The number of ether oxygens (including phenoxy) is 1. The zero-order valence-electron chi connectivity index (χ0n) is 10.3. The Morgan fingerprint density at radius 1 is 1.40 bits per heavy atom. The van der Waals surface area contributed by atoms with Gasteiger partial charge in [0.1, 0.15) is 29.9 Å². The van der Waals surface area contributed by atoms with Gasteiger partial charge in [0, 0.05) is 0 Å². The molecule has 98 valence electrons. The average Bonchev–Trinajstić information content (AvgIpc) is 3.02. The van der Waals surface area contributed by atoms with Crippen molar-refractivity contribution in [2.24, 2.45) is 5.10 Å². The summed E-state index contributed by atoms with van der Waals surface area (Å²) in [6.07, 6.45) is 1.44. The lowest BCUT2D eigenvalue weighted by atomic mass is 10.2. The number of methoxy groups -OCH3 is 1. The molecule has 0 amide bonds. The molecule has 9 heteroatoms. The molecule has 1 N–H and O–H groups in total. The highest BCUT2D eigenvalue weighted by Gasteiger charge is 2.06. The summed E-state index contributed by atoms with van der Waals surface area (Å²) < 4.78 is 6.61. The van der Waals surface area contributed by atoms with Crippen LogP contribution in [0.15, 0.2) is 29.6 Å². The van der Waals surface area contributed by atoms with Crippen molar-refractivity contribution in [3.8, 4) is 23.6 Å². The van der Waals surface area contributed by atoms with Crippen molar-refractivity contribution < 1.29 is 4.74 Å². The van der Waals surface area contributed by atoms with Gasteiger partial charge in [-0.15, -0.1) is 5.10 Å². The quantitative estimate of drug-likeness (QED) is 0.631. The molecule has 9 nitrogen and oxygen atoms in total. The minimum absolute atomic E-state index is 0.292. The number of tetrazole rings is 1. The first-order valence-corrected chi connectivity index (χ1v) is 5.33. The van der Waals surface area contributed by atoms with Crippen molar-refractivity contribution in [1.29, 1.82) is 10.5 Å². The number of aromatic nitrogens is 4. The maximum Gasteiger partial charge on any atom is 0.237 e. The molecule has 2 aromatic rings. The Bertz CT molecular complexity index is 691. The van der Waals surface area contributed by atoms with Crippen LogP contribution in [0.3, 0.4) is 0 Å². The minimum Gasteiger partial charge on any atom is -0.495 e. The normalized spacial score (nSPS) is 9.15. The van der Waals surface area contributed by atoms with Crippen LogP contribution in [0.1, 0.15) is 0 Å². The van der Waals surface area contributed by atoms with E-state index in [9.17, 15) is 0 Å². The van der Waals surface area contributed by atoms with Gasteiger partial charge in [0.25, 0.3) is 0 Å². The molecule has 0 radical (unpaired) electrons. The number of anilines is 1. The Morgan fingerprint density at radius 2 is 2.20 bits per heavy atom. The van der Waals surface area contributed by atoms with Crippen LogP contribution in [-0.4, -0.2) is 33.0 Å². The molecule has 0 saturated carbocycles. The van der Waals surface area contributed by atoms with Crippen molar-refractivity contribution in [3.63, 3.8) is 0 Å². The molecular weight excluding hydrogens is 260 g/mol. The van der Waals surface area contributed by atoms with E-state index in [2.05, 4.69) is 26.1 Å². The van der Waals surface area contributed by atoms with E-state index in [-0.39, 0.29) is 5.71 Å². The van der Waals surface area contributed by atoms with E-state index < -0.39 is 0 Å². The van der Waals surface area contributed by atoms with E-state index in [0.29, 0.717) is 17.1 Å². The largest absolute Gasteiger partial charge is 0.495 e. The van der Waals surface area contributed by atoms with Crippen molar-refractivity contribution in [2.75, 3.05) is 12.5 Å². The molecule has 0 bridgehead atoms. The Hall–Kier alpha value is -3.46. The van der Waals surface area contributed by atoms with E-state index in [4.69, 9.17) is 15.3 Å². The third-order valence-corrected chi connectivity index (χ3v) is 2.30. The van der Waals surface area contributed by atoms with Gasteiger partial charge in [0.2, 0.25) is 5.71 Å². The highest BCUT2D eigenvalue weighted by atomic mass is 16.5. The lowest BCUT2D eigenvalue weighted by Gasteiger charge is -2.09. The maximum atomic E-state index is 8.63. The summed E-state index contributed by atoms with van der Waals surface area (Å²) >= 11 is 0. The van der Waals surface area contributed by atoms with Gasteiger partial charge in [0.05, 0.1) is 12.8 Å². The monoisotopic (exact) mass is 268 g/mol. The zero-order valence-corrected chi connectivity index (χ0v) is 10.3. The summed E-state index contributed by atoms with van der Waals surface area (Å²) in [6.45, 7) is 0. The predicted molar refractivity (Wildman–Crippen MR) is 68.0 cm³/mol. The molecule has 0 unspecified atom stereocenters. The molecular formula is C11H8N8O. The highest BCUT2D eigenvalue weighted by molar-refractivity contribution is 6.10. The van der Waals surface area contributed by atoms with Crippen molar-refractivity contribution in [3.05, 3.63) is 24.5 Å². The molecule has 0 saturated heterocycles. The fraction of sp³-hybridized carbons (Fsp3) is 0.0909. The minimum atomic E-state index is -0.292. The topological polar surface area (TPSA) is 125 Å². The lowest BCUT2D eigenvalue weighted by Crippen LogP contribution is -2.01. The first-order valence-electron chi connectivity index (χ1n) is 5.33. The number of nitriles is 2. The molecule has 1 aromatic heterocycles. The molecule has 20 heavy (non-hydrogen) atoms. The molecule has 1 aromatic carbocycles. The van der Waals surface area contributed by atoms with Gasteiger partial charge in [0.15, 0.2) is 0 Å². The van der Waals surface area contributed by atoms with Crippen LogP contribution in [0, 0.1) is 22.7 Å². The summed E-state index contributed by atoms with van der Waals surface area (Å²) in [5.74, 6) is 0.501. The van der Waals surface area contributed by atoms with Crippen LogP contribution in [0.5, 0.6) is 5.75 Å². The SMILES string of the molecule is COc1ccc(-n2cnnn2)cc1NN=C(C#N)C#N. The van der Waals surface area contributed by atoms with Gasteiger partial charge in [-0.2, -0.15) is 15.6 Å². The van der Waals surface area contributed by atoms with Gasteiger partial charge < -0.3 is 4.74 Å². The lowest BCUT2D eigenvalue weighted by molar-refractivity contribution is 0.416.